The number of likely N-dealkylation sites (N-methyl/N-ethyl adjacent to an activating group) is 2. The van der Waals surface area contributed by atoms with E-state index in [0.29, 0.717) is 60.5 Å². The van der Waals surface area contributed by atoms with Crippen molar-refractivity contribution < 1.29 is 144 Å². The minimum absolute atomic E-state index is 0.00820. The second-order valence-electron chi connectivity index (χ2n) is 37.1. The van der Waals surface area contributed by atoms with Crippen molar-refractivity contribution in [1.29, 1.82) is 0 Å². The van der Waals surface area contributed by atoms with Gasteiger partial charge in [0.1, 0.15) is 35.4 Å². The summed E-state index contributed by atoms with van der Waals surface area (Å²) in [6, 6.07) is 26.4. The fourth-order valence-electron chi connectivity index (χ4n) is 17.6. The number of fused-ring (bicyclic) bond motifs is 5. The number of aliphatic carboxylic acids is 4. The van der Waals surface area contributed by atoms with Gasteiger partial charge in [-0.15, -0.1) is 5.10 Å². The summed E-state index contributed by atoms with van der Waals surface area (Å²) in [7, 11) is -3.29. The summed E-state index contributed by atoms with van der Waals surface area (Å²) in [5.41, 5.74) is 6.55. The van der Waals surface area contributed by atoms with E-state index in [9.17, 15) is 102 Å². The Bertz CT molecular complexity index is 5070. The number of hydrogen-bond donors (Lipinski definition) is 11. The van der Waals surface area contributed by atoms with Gasteiger partial charge in [0.25, 0.3) is 5.91 Å². The Morgan fingerprint density at radius 2 is 1.20 bits per heavy atom. The van der Waals surface area contributed by atoms with Gasteiger partial charge in [-0.05, 0) is 118 Å². The standard InChI is InChI=1S/C100H147N11O30P2/c1-13-66(6)90(82(134-11)60-85(116)109-48-43-74(61-109)93(135-12)67(7)94(120)102-68(8)92(119)70-26-17-14-18-27-70)107(9)97(123)87(64(2)3)104-96(122)89(65(4)5)108(10)143(132,133)141-52-46-101-95(121)71-35-33-69(34-36-71)25-16-15-23-47-111-91-78-29-20-19-28-73(78)62-110(81-32-22-21-30-79(81)88(91)105-106-111)84(115)41-39-76(112)44-50-136-53-55-138-57-58-139-56-54-137-51-45-77(113)59-72(98(124)125)37-40-83(114)103-80(100(128)129)31-24-49-140-142(130,131)63-75(99(126)127)38-42-86(117)118/h14,17-22,26-30,32-36,64-68,72,74-75,80,82,87,89-90,92-93,119H,13,15-16,23-25,31,37-63H2,1-12H3,(H,101,121)(H,102,120)(H,103,114)(H,104,122)(H,117,118)(H,124,125)(H,126,127)(H,128,129)(H,130,131)(H,132,133)/t66-,67+,68+,72+,74?,75?,80+,82+,87-,89-,90-,92+,93+/m0/s1. The van der Waals surface area contributed by atoms with Crippen LogP contribution in [0.1, 0.15) is 198 Å². The molecule has 143 heavy (non-hydrogen) atoms. The number of carboxylic acids is 4. The largest absolute Gasteiger partial charge is 0.481 e. The van der Waals surface area contributed by atoms with E-state index in [4.69, 9.17) is 47.7 Å². The summed E-state index contributed by atoms with van der Waals surface area (Å²) < 4.78 is 73.9. The first-order valence-electron chi connectivity index (χ1n) is 49.0. The number of methoxy groups -OCH3 is 2. The van der Waals surface area contributed by atoms with Gasteiger partial charge in [0.05, 0.1) is 145 Å². The van der Waals surface area contributed by atoms with E-state index >= 15 is 0 Å². The third kappa shape index (κ3) is 38.1. The van der Waals surface area contributed by atoms with Crippen LogP contribution in [0.15, 0.2) is 103 Å². The number of hydrogen-bond acceptors (Lipinski definition) is 26. The molecule has 3 heterocycles. The number of unbranched alkanes of at least 4 members (excludes halogenated alkanes) is 2. The van der Waals surface area contributed by atoms with Gasteiger partial charge < -0.3 is 104 Å². The lowest BCUT2D eigenvalue weighted by atomic mass is 9.89. The minimum atomic E-state index is -4.72. The van der Waals surface area contributed by atoms with E-state index in [2.05, 4.69) is 26.5 Å². The molecule has 5 aromatic rings. The number of benzene rings is 4. The fraction of sp³-hybridized carbons (Fsp3) is 0.610. The number of rotatable bonds is 69. The molecule has 41 nitrogen and oxygen atoms in total. The van der Waals surface area contributed by atoms with Gasteiger partial charge >= 0.3 is 39.2 Å². The summed E-state index contributed by atoms with van der Waals surface area (Å²) in [6.45, 7) is 16.1. The highest BCUT2D eigenvalue weighted by molar-refractivity contribution is 7.52. The molecule has 43 heteroatoms. The maximum Gasteiger partial charge on any atom is 0.406 e. The topological polar surface area (TPSA) is 563 Å². The van der Waals surface area contributed by atoms with Crippen LogP contribution in [0, 0.1) is 41.4 Å². The number of aliphatic hydroxyl groups excluding tert-OH is 1. The molecule has 1 aromatic heterocycles. The molecule has 4 aromatic carbocycles. The number of carbonyl (C=O) groups is 13. The number of nitrogens with one attached hydrogen (secondary N) is 4. The first-order chi connectivity index (χ1) is 68.0. The molecule has 11 N–H and O–H groups in total. The number of likely N-dealkylation sites (tertiary alicyclic amines) is 1. The number of ether oxygens (including phenoxy) is 6. The van der Waals surface area contributed by atoms with E-state index in [1.807, 2.05) is 97.4 Å². The molecule has 4 unspecified atom stereocenters. The maximum absolute atomic E-state index is 14.8. The van der Waals surface area contributed by atoms with Crippen LogP contribution in [0.25, 0.3) is 22.5 Å². The lowest BCUT2D eigenvalue weighted by molar-refractivity contribution is -0.146. The monoisotopic (exact) mass is 2040 g/mol. The number of ketones is 2. The number of anilines is 1. The van der Waals surface area contributed by atoms with E-state index in [1.165, 1.54) is 19.1 Å². The van der Waals surface area contributed by atoms with E-state index < -0.39 is 185 Å². The van der Waals surface area contributed by atoms with Gasteiger partial charge in [-0.2, -0.15) is 4.67 Å². The molecule has 7 rings (SSSR count). The zero-order valence-electron chi connectivity index (χ0n) is 84.1. The molecule has 0 radical (unpaired) electrons. The van der Waals surface area contributed by atoms with E-state index in [1.54, 1.807) is 89.8 Å². The van der Waals surface area contributed by atoms with Crippen LogP contribution in [0.4, 0.5) is 5.69 Å². The number of aryl methyl sites for hydroxylation is 2. The zero-order chi connectivity index (χ0) is 105. The van der Waals surface area contributed by atoms with Gasteiger partial charge in [0.15, 0.2) is 0 Å². The predicted molar refractivity (Wildman–Crippen MR) is 527 cm³/mol. The normalized spacial score (nSPS) is 16.4. The summed E-state index contributed by atoms with van der Waals surface area (Å²) in [5.74, 6) is -14.1. The van der Waals surface area contributed by atoms with Crippen LogP contribution in [0.2, 0.25) is 0 Å². The van der Waals surface area contributed by atoms with Crippen LogP contribution in [-0.4, -0.2) is 304 Å². The third-order valence-electron chi connectivity index (χ3n) is 25.9. The van der Waals surface area contributed by atoms with Crippen molar-refractivity contribution in [2.75, 3.05) is 125 Å². The van der Waals surface area contributed by atoms with Crippen molar-refractivity contribution in [3.63, 3.8) is 0 Å². The number of nitrogens with zero attached hydrogens (tertiary/aromatic N) is 7. The average molecular weight is 2050 g/mol. The number of carbonyl (C=O) groups excluding carboxylic acids is 9. The van der Waals surface area contributed by atoms with Gasteiger partial charge in [0, 0.05) is 115 Å². The first kappa shape index (κ1) is 119. The molecule has 1 fully saturated rings. The Kier molecular flexibility index (Phi) is 50.5. The molecule has 15 atom stereocenters. The van der Waals surface area contributed by atoms with Gasteiger partial charge in [-0.1, -0.05) is 151 Å². The summed E-state index contributed by atoms with van der Waals surface area (Å²) in [5, 5.41) is 68.6. The molecule has 1 saturated heterocycles. The molecule has 792 valence electrons. The van der Waals surface area contributed by atoms with Crippen molar-refractivity contribution in [3.8, 4) is 22.5 Å². The molecular weight excluding hydrogens is 1900 g/mol. The lowest BCUT2D eigenvalue weighted by Gasteiger charge is -2.40. The highest BCUT2D eigenvalue weighted by Crippen LogP contribution is 2.49. The Labute approximate surface area is 835 Å². The van der Waals surface area contributed by atoms with Crippen molar-refractivity contribution >= 4 is 97.8 Å². The van der Waals surface area contributed by atoms with Crippen LogP contribution in [0.5, 0.6) is 0 Å². The summed E-state index contributed by atoms with van der Waals surface area (Å²) in [6.07, 6.45) is -1.53. The average Bonchev–Trinajstić information content (AvgIpc) is 1.64. The van der Waals surface area contributed by atoms with Crippen molar-refractivity contribution in [2.45, 2.75) is 233 Å². The fourth-order valence-corrected chi connectivity index (χ4v) is 20.2. The van der Waals surface area contributed by atoms with Gasteiger partial charge in [-0.3, -0.25) is 66.6 Å². The Morgan fingerprint density at radius 1 is 0.587 bits per heavy atom. The quantitative estimate of drug-likeness (QED) is 0.0127. The molecule has 7 amide bonds. The summed E-state index contributed by atoms with van der Waals surface area (Å²) >= 11 is 0. The van der Waals surface area contributed by atoms with Crippen LogP contribution >= 0.6 is 15.3 Å². The SMILES string of the molecule is CC[C@H](C)[C@@H]([C@@H](CC(=O)N1CCC([C@H](OC)[C@@H](C)C(=O)N[C@H](C)[C@@H](O)c2ccccc2)C1)OC)N(C)C(=O)[C@@H](NC(=O)[C@H](C(C)C)N(C)P(=O)(O)OCCNC(=O)c1ccc(CCCCCn2nnc3c2-c2ccccc2CN(C(=O)CCC(=O)CCOCCOCCOCCOCCC(=O)C[C@@H](CCC(=O)N[C@H](CCCOP(=O)(O)CC(CCC(=O)O)C(=O)O)C(=O)O)C(=O)O)c2ccccc2-3)cc1)C(C)C. The summed E-state index contributed by atoms with van der Waals surface area (Å²) in [4.78, 5) is 196. The predicted octanol–water partition coefficient (Wildman–Crippen LogP) is 9.59. The molecule has 0 aliphatic carbocycles. The van der Waals surface area contributed by atoms with Crippen molar-refractivity contribution in [3.05, 3.63) is 125 Å². The molecule has 0 bridgehead atoms. The lowest BCUT2D eigenvalue weighted by Crippen LogP contribution is -2.59. The highest BCUT2D eigenvalue weighted by Gasteiger charge is 2.45. The van der Waals surface area contributed by atoms with Gasteiger partial charge in [-0.25, -0.2) is 14.0 Å². The van der Waals surface area contributed by atoms with Crippen LogP contribution in [-0.2, 0) is 124 Å². The molecule has 2 aliphatic rings. The first-order valence-corrected chi connectivity index (χ1v) is 52.3. The molecular formula is C100H147N11O30P2. The van der Waals surface area contributed by atoms with Crippen molar-refractivity contribution in [1.82, 2.24) is 50.7 Å². The number of aromatic nitrogens is 3. The number of para-hydroxylation sites is 1. The van der Waals surface area contributed by atoms with E-state index in [0.717, 1.165) is 52.7 Å². The number of carboxylic acid groups (broad SMARTS) is 4. The molecule has 2 aliphatic heterocycles. The smallest absolute Gasteiger partial charge is 0.406 e. The Morgan fingerprint density at radius 3 is 1.81 bits per heavy atom. The van der Waals surface area contributed by atoms with Crippen LogP contribution < -0.4 is 26.2 Å². The minimum Gasteiger partial charge on any atom is -0.481 e. The molecule has 0 saturated carbocycles. The second kappa shape index (κ2) is 60.4. The highest BCUT2D eigenvalue weighted by atomic mass is 31.2. The third-order valence-corrected chi connectivity index (χ3v) is 29.0. The van der Waals surface area contributed by atoms with Crippen molar-refractivity contribution in [2.24, 2.45) is 41.4 Å². The number of Topliss-reactive ketones (excluding diaryl/α,β-unsaturated/α-hetero) is 2. The second-order valence-corrected chi connectivity index (χ2v) is 40.9. The maximum atomic E-state index is 14.8. The molecule has 0 spiro atoms. The van der Waals surface area contributed by atoms with E-state index in [-0.39, 0.29) is 159 Å². The Hall–Kier alpha value is -10.5. The Balaban J connectivity index is 0.764. The zero-order valence-corrected chi connectivity index (χ0v) is 85.9. The van der Waals surface area contributed by atoms with Gasteiger partial charge in [0.2, 0.25) is 35.4 Å². The number of aliphatic hydroxyl groups is 1. The van der Waals surface area contributed by atoms with Crippen LogP contribution in [0.3, 0.4) is 0 Å². The number of amides is 7.